The van der Waals surface area contributed by atoms with Gasteiger partial charge in [-0.05, 0) is 44.2 Å². The van der Waals surface area contributed by atoms with Gasteiger partial charge >= 0.3 is 0 Å². The van der Waals surface area contributed by atoms with Gasteiger partial charge < -0.3 is 10.1 Å². The minimum absolute atomic E-state index is 0.0115. The molecule has 2 aliphatic rings. The van der Waals surface area contributed by atoms with E-state index in [9.17, 15) is 18.0 Å². The van der Waals surface area contributed by atoms with Crippen LogP contribution in [0.25, 0.3) is 10.6 Å². The number of amides is 1. The van der Waals surface area contributed by atoms with Crippen molar-refractivity contribution < 1.29 is 22.7 Å². The maximum atomic E-state index is 14.1. The third-order valence-corrected chi connectivity index (χ3v) is 6.52. The molecule has 1 saturated heterocycles. The van der Waals surface area contributed by atoms with E-state index >= 15 is 0 Å². The Hall–Kier alpha value is -2.72. The zero-order valence-corrected chi connectivity index (χ0v) is 17.9. The average Bonchev–Trinajstić information content (AvgIpc) is 3.42. The fourth-order valence-electron chi connectivity index (χ4n) is 3.91. The third-order valence-electron chi connectivity index (χ3n) is 5.66. The molecule has 10 heteroatoms. The van der Waals surface area contributed by atoms with Crippen LogP contribution in [-0.4, -0.2) is 33.5 Å². The molecule has 2 atom stereocenters. The molecule has 168 valence electrons. The number of carbonyl (C=O) groups is 1. The number of hydrogen-bond acceptors (Lipinski definition) is 5. The van der Waals surface area contributed by atoms with Gasteiger partial charge in [-0.2, -0.15) is 5.10 Å². The summed E-state index contributed by atoms with van der Waals surface area (Å²) in [6.45, 7) is 0.0115. The Labute approximate surface area is 186 Å². The van der Waals surface area contributed by atoms with Crippen LogP contribution in [0.2, 0.25) is 0 Å². The molecule has 3 heterocycles. The normalized spacial score (nSPS) is 21.3. The summed E-state index contributed by atoms with van der Waals surface area (Å²) in [5.41, 5.74) is 0.996. The van der Waals surface area contributed by atoms with Crippen LogP contribution >= 0.6 is 11.3 Å². The van der Waals surface area contributed by atoms with E-state index < -0.39 is 23.7 Å². The van der Waals surface area contributed by atoms with Gasteiger partial charge in [-0.3, -0.25) is 9.48 Å². The monoisotopic (exact) mass is 462 g/mol. The Morgan fingerprint density at radius 2 is 1.97 bits per heavy atom. The molecule has 0 bridgehead atoms. The molecule has 0 spiro atoms. The lowest BCUT2D eigenvalue weighted by Gasteiger charge is -2.19. The van der Waals surface area contributed by atoms with Crippen LogP contribution in [0.3, 0.4) is 0 Å². The van der Waals surface area contributed by atoms with Crippen molar-refractivity contribution >= 4 is 22.9 Å². The summed E-state index contributed by atoms with van der Waals surface area (Å²) >= 11 is 0.986. The van der Waals surface area contributed by atoms with E-state index in [1.165, 1.54) is 11.4 Å². The first kappa shape index (κ1) is 21.1. The minimum Gasteiger partial charge on any atom is -0.369 e. The Kier molecular flexibility index (Phi) is 5.73. The number of benzene rings is 1. The lowest BCUT2D eigenvalue weighted by Crippen LogP contribution is -2.18. The number of nitrogens with zero attached hydrogens (tertiary/aromatic N) is 3. The summed E-state index contributed by atoms with van der Waals surface area (Å²) in [7, 11) is 0. The highest BCUT2D eigenvalue weighted by molar-refractivity contribution is 7.13. The number of rotatable bonds is 5. The topological polar surface area (TPSA) is 69.0 Å². The van der Waals surface area contributed by atoms with Gasteiger partial charge in [0.15, 0.2) is 0 Å². The van der Waals surface area contributed by atoms with E-state index in [0.29, 0.717) is 24.9 Å². The maximum Gasteiger partial charge on any atom is 0.275 e. The largest absolute Gasteiger partial charge is 0.369 e. The molecule has 1 amide bonds. The van der Waals surface area contributed by atoms with Crippen molar-refractivity contribution in [1.82, 2.24) is 14.8 Å². The number of anilines is 1. The molecule has 0 radical (unpaired) electrons. The molecule has 2 fully saturated rings. The van der Waals surface area contributed by atoms with Crippen LogP contribution in [-0.2, 0) is 4.74 Å². The number of aromatic nitrogens is 3. The van der Waals surface area contributed by atoms with E-state index in [4.69, 9.17) is 4.74 Å². The molecule has 2 aromatic heterocycles. The summed E-state index contributed by atoms with van der Waals surface area (Å²) in [6, 6.07) is 3.81. The van der Waals surface area contributed by atoms with Crippen LogP contribution in [0.5, 0.6) is 0 Å². The van der Waals surface area contributed by atoms with E-state index in [1.807, 2.05) is 4.68 Å². The Morgan fingerprint density at radius 1 is 1.19 bits per heavy atom. The minimum atomic E-state index is -0.998. The first-order chi connectivity index (χ1) is 15.5. The van der Waals surface area contributed by atoms with Crippen LogP contribution in [0.15, 0.2) is 29.8 Å². The Balaban J connectivity index is 1.40. The van der Waals surface area contributed by atoms with Gasteiger partial charge in [-0.25, -0.2) is 18.2 Å². The van der Waals surface area contributed by atoms with Crippen LogP contribution in [0.4, 0.5) is 18.9 Å². The molecule has 5 rings (SSSR count). The van der Waals surface area contributed by atoms with Gasteiger partial charge in [0.25, 0.3) is 5.91 Å². The Morgan fingerprint density at radius 3 is 2.72 bits per heavy atom. The smallest absolute Gasteiger partial charge is 0.275 e. The Bertz CT molecular complexity index is 1120. The summed E-state index contributed by atoms with van der Waals surface area (Å²) in [5, 5.41) is 8.79. The predicted molar refractivity (Wildman–Crippen MR) is 113 cm³/mol. The molecule has 6 nitrogen and oxygen atoms in total. The number of nitrogens with one attached hydrogen (secondary N) is 1. The molecule has 1 saturated carbocycles. The summed E-state index contributed by atoms with van der Waals surface area (Å²) < 4.78 is 49.6. The van der Waals surface area contributed by atoms with Gasteiger partial charge in [0.05, 0.1) is 35.8 Å². The van der Waals surface area contributed by atoms with Gasteiger partial charge in [0.2, 0.25) is 0 Å². The van der Waals surface area contributed by atoms with E-state index in [-0.39, 0.29) is 35.0 Å². The SMILES string of the molecule is O=C(Nc1cnn(C2CC2)c1C1CCCC(F)CO1)c1csc(-c2c(F)cccc2F)n1. The number of carbonyl (C=O) groups excluding carboxylic acids is 1. The third kappa shape index (κ3) is 4.16. The number of ether oxygens (including phenoxy) is 1. The highest BCUT2D eigenvalue weighted by Gasteiger charge is 2.33. The van der Waals surface area contributed by atoms with Crippen molar-refractivity contribution in [2.24, 2.45) is 0 Å². The second-order valence-corrected chi connectivity index (χ2v) is 8.92. The quantitative estimate of drug-likeness (QED) is 0.547. The lowest BCUT2D eigenvalue weighted by molar-refractivity contribution is 0.0259. The summed E-state index contributed by atoms with van der Waals surface area (Å²) in [5.74, 6) is -2.00. The number of thiazole rings is 1. The van der Waals surface area contributed by atoms with Gasteiger partial charge in [0, 0.05) is 5.38 Å². The van der Waals surface area contributed by atoms with Crippen molar-refractivity contribution in [1.29, 1.82) is 0 Å². The lowest BCUT2D eigenvalue weighted by atomic mass is 10.1. The summed E-state index contributed by atoms with van der Waals surface area (Å²) in [4.78, 5) is 17.0. The van der Waals surface area contributed by atoms with Crippen molar-refractivity contribution in [3.05, 3.63) is 52.8 Å². The van der Waals surface area contributed by atoms with Gasteiger partial charge in [-0.1, -0.05) is 6.07 Å². The fourth-order valence-corrected chi connectivity index (χ4v) is 4.75. The first-order valence-electron chi connectivity index (χ1n) is 10.6. The molecule has 32 heavy (non-hydrogen) atoms. The second-order valence-electron chi connectivity index (χ2n) is 8.06. The van der Waals surface area contributed by atoms with Crippen molar-refractivity contribution in [3.63, 3.8) is 0 Å². The zero-order valence-electron chi connectivity index (χ0n) is 17.1. The van der Waals surface area contributed by atoms with Crippen LogP contribution in [0.1, 0.15) is 60.4 Å². The molecular formula is C22H21F3N4O2S. The molecule has 1 aromatic carbocycles. The standard InChI is InChI=1S/C22H21F3N4O2S/c23-12-3-1-6-18(31-10-12)20-16(9-26-29(20)13-7-8-13)27-21(30)17-11-32-22(28-17)19-14(24)4-2-5-15(19)25/h2,4-5,9,11-13,18H,1,3,6-8,10H2,(H,27,30). The van der Waals surface area contributed by atoms with E-state index in [2.05, 4.69) is 15.4 Å². The molecular weight excluding hydrogens is 441 g/mol. The van der Waals surface area contributed by atoms with E-state index in [0.717, 1.165) is 42.0 Å². The van der Waals surface area contributed by atoms with Crippen molar-refractivity contribution in [2.75, 3.05) is 11.9 Å². The van der Waals surface area contributed by atoms with Crippen LogP contribution < -0.4 is 5.32 Å². The molecule has 1 aliphatic carbocycles. The second kappa shape index (κ2) is 8.67. The number of hydrogen-bond donors (Lipinski definition) is 1. The molecule has 1 aliphatic heterocycles. The fraction of sp³-hybridized carbons (Fsp3) is 0.409. The van der Waals surface area contributed by atoms with Crippen LogP contribution in [0, 0.1) is 11.6 Å². The van der Waals surface area contributed by atoms with Crippen molar-refractivity contribution in [3.8, 4) is 10.6 Å². The first-order valence-corrected chi connectivity index (χ1v) is 11.4. The van der Waals surface area contributed by atoms with Gasteiger partial charge in [-0.15, -0.1) is 11.3 Å². The highest BCUT2D eigenvalue weighted by Crippen LogP contribution is 2.41. The number of halogens is 3. The predicted octanol–water partition coefficient (Wildman–Crippen LogP) is 5.45. The number of alkyl halides is 1. The molecule has 2 unspecified atom stereocenters. The summed E-state index contributed by atoms with van der Waals surface area (Å²) in [6.07, 6.45) is 3.94. The van der Waals surface area contributed by atoms with Gasteiger partial charge in [0.1, 0.15) is 34.6 Å². The molecule has 3 aromatic rings. The average molecular weight is 462 g/mol. The highest BCUT2D eigenvalue weighted by atomic mass is 32.1. The van der Waals surface area contributed by atoms with E-state index in [1.54, 1.807) is 6.20 Å². The van der Waals surface area contributed by atoms with Crippen molar-refractivity contribution in [2.45, 2.75) is 50.4 Å². The maximum absolute atomic E-state index is 14.1. The zero-order chi connectivity index (χ0) is 22.2. The molecule has 1 N–H and O–H groups in total.